The summed E-state index contributed by atoms with van der Waals surface area (Å²) in [5.41, 5.74) is 1.98. The molecule has 6 nitrogen and oxygen atoms in total. The number of unbranched alkanes of at least 4 members (excludes halogenated alkanes) is 1. The summed E-state index contributed by atoms with van der Waals surface area (Å²) in [6, 6.07) is 12.6. The molecule has 3 rings (SSSR count). The summed E-state index contributed by atoms with van der Waals surface area (Å²) in [5, 5.41) is 17.0. The van der Waals surface area contributed by atoms with Crippen molar-refractivity contribution < 1.29 is 9.90 Å². The van der Waals surface area contributed by atoms with E-state index >= 15 is 0 Å². The number of carbonyl (C=O) groups excluding carboxylic acids is 1. The molecule has 0 aliphatic heterocycles. The largest absolute Gasteiger partial charge is 0.396 e. The first-order chi connectivity index (χ1) is 13.5. The predicted octanol–water partition coefficient (Wildman–Crippen LogP) is 3.16. The molecule has 0 spiro atoms. The molecule has 0 unspecified atom stereocenters. The van der Waals surface area contributed by atoms with Crippen molar-refractivity contribution >= 4 is 28.4 Å². The van der Waals surface area contributed by atoms with E-state index in [-0.39, 0.29) is 17.7 Å². The van der Waals surface area contributed by atoms with Gasteiger partial charge in [0, 0.05) is 30.6 Å². The fraction of sp³-hybridized carbons (Fsp3) is 0.286. The Bertz CT molecular complexity index is 1030. The number of halogens is 1. The lowest BCUT2D eigenvalue weighted by atomic mass is 10.0. The fourth-order valence-electron chi connectivity index (χ4n) is 3.11. The first-order valence-corrected chi connectivity index (χ1v) is 9.50. The van der Waals surface area contributed by atoms with E-state index in [1.165, 1.54) is 4.90 Å². The Hall–Kier alpha value is -2.70. The van der Waals surface area contributed by atoms with E-state index in [0.29, 0.717) is 28.9 Å². The Labute approximate surface area is 167 Å². The molecule has 3 aromatic rings. The maximum absolute atomic E-state index is 12.9. The molecule has 7 heteroatoms. The summed E-state index contributed by atoms with van der Waals surface area (Å²) in [6.07, 6.45) is 2.22. The van der Waals surface area contributed by atoms with Crippen LogP contribution in [0.5, 0.6) is 0 Å². The van der Waals surface area contributed by atoms with Gasteiger partial charge < -0.3 is 10.0 Å². The summed E-state index contributed by atoms with van der Waals surface area (Å²) in [7, 11) is 1.63. The number of nitrogens with zero attached hydrogens (tertiary/aromatic N) is 2. The van der Waals surface area contributed by atoms with Crippen LogP contribution in [0.3, 0.4) is 0 Å². The van der Waals surface area contributed by atoms with Crippen LogP contribution < -0.4 is 5.43 Å². The van der Waals surface area contributed by atoms with Gasteiger partial charge in [0.25, 0.3) is 5.91 Å². The van der Waals surface area contributed by atoms with Crippen LogP contribution >= 0.6 is 11.6 Å². The summed E-state index contributed by atoms with van der Waals surface area (Å²) in [6.45, 7) is 0.481. The average molecular weight is 400 g/mol. The number of H-pyrrole nitrogens is 1. The van der Waals surface area contributed by atoms with Crippen LogP contribution in [0, 0.1) is 0 Å². The quantitative estimate of drug-likeness (QED) is 0.597. The second-order valence-corrected chi connectivity index (χ2v) is 7.15. The van der Waals surface area contributed by atoms with E-state index in [2.05, 4.69) is 10.2 Å². The van der Waals surface area contributed by atoms with E-state index in [0.717, 1.165) is 24.0 Å². The molecular weight excluding hydrogens is 378 g/mol. The summed E-state index contributed by atoms with van der Waals surface area (Å²) in [5.74, 6) is -0.441. The number of aromatic amines is 1. The molecule has 0 bridgehead atoms. The molecule has 0 atom stereocenters. The topological polar surface area (TPSA) is 86.3 Å². The number of rotatable bonds is 7. The van der Waals surface area contributed by atoms with Gasteiger partial charge >= 0.3 is 0 Å². The molecule has 0 fully saturated rings. The van der Waals surface area contributed by atoms with E-state index in [1.807, 2.05) is 18.2 Å². The molecular formula is C21H22ClN3O3. The second kappa shape index (κ2) is 8.99. The van der Waals surface area contributed by atoms with Gasteiger partial charge in [-0.3, -0.25) is 14.7 Å². The molecule has 0 radical (unpaired) electrons. The van der Waals surface area contributed by atoms with E-state index < -0.39 is 5.91 Å². The molecule has 1 amide bonds. The first-order valence-electron chi connectivity index (χ1n) is 9.12. The number of fused-ring (bicyclic) bond motifs is 1. The molecule has 1 aromatic heterocycles. The molecule has 0 saturated heterocycles. The van der Waals surface area contributed by atoms with Crippen molar-refractivity contribution in [3.8, 4) is 0 Å². The summed E-state index contributed by atoms with van der Waals surface area (Å²) < 4.78 is 0. The monoisotopic (exact) mass is 399 g/mol. The van der Waals surface area contributed by atoms with Gasteiger partial charge in [-0.2, -0.15) is 5.10 Å². The lowest BCUT2D eigenvalue weighted by molar-refractivity contribution is 0.0777. The van der Waals surface area contributed by atoms with Crippen molar-refractivity contribution in [2.75, 3.05) is 13.7 Å². The van der Waals surface area contributed by atoms with E-state index in [9.17, 15) is 9.59 Å². The number of benzene rings is 2. The molecule has 28 heavy (non-hydrogen) atoms. The number of aryl methyl sites for hydroxylation is 1. The highest BCUT2D eigenvalue weighted by atomic mass is 35.5. The van der Waals surface area contributed by atoms with Crippen LogP contribution in [0.25, 0.3) is 10.9 Å². The van der Waals surface area contributed by atoms with Crippen LogP contribution in [0.15, 0.2) is 47.3 Å². The van der Waals surface area contributed by atoms with Crippen molar-refractivity contribution in [3.05, 3.63) is 74.5 Å². The Kier molecular flexibility index (Phi) is 6.44. The number of nitrogens with one attached hydrogen (secondary N) is 1. The Balaban J connectivity index is 1.86. The maximum atomic E-state index is 12.9. The van der Waals surface area contributed by atoms with Gasteiger partial charge in [0.15, 0.2) is 5.69 Å². The van der Waals surface area contributed by atoms with E-state index in [1.54, 1.807) is 31.3 Å². The van der Waals surface area contributed by atoms with Crippen LogP contribution in [0.2, 0.25) is 5.02 Å². The summed E-state index contributed by atoms with van der Waals surface area (Å²) >= 11 is 5.89. The Morgan fingerprint density at radius 1 is 1.18 bits per heavy atom. The number of aliphatic hydroxyl groups is 1. The number of amides is 1. The minimum atomic E-state index is -0.441. The van der Waals surface area contributed by atoms with Crippen LogP contribution in [-0.4, -0.2) is 39.8 Å². The zero-order chi connectivity index (χ0) is 20.1. The van der Waals surface area contributed by atoms with Gasteiger partial charge in [-0.25, -0.2) is 0 Å². The third-order valence-corrected chi connectivity index (χ3v) is 4.88. The van der Waals surface area contributed by atoms with Gasteiger partial charge in [0.1, 0.15) is 0 Å². The highest BCUT2D eigenvalue weighted by molar-refractivity contribution is 6.30. The predicted molar refractivity (Wildman–Crippen MR) is 110 cm³/mol. The standard InChI is InChI=1S/C21H22ClN3O3/c1-25(13-14-8-10-16(22)11-9-14)21(28)19-20(27)17-7-4-6-15(5-2-3-12-26)18(17)23-24-19/h4,6-11,26H,2-3,5,12-13H2,1H3,(H,23,27). The lowest BCUT2D eigenvalue weighted by Gasteiger charge is -2.17. The van der Waals surface area contributed by atoms with Crippen molar-refractivity contribution in [2.45, 2.75) is 25.8 Å². The van der Waals surface area contributed by atoms with Crippen molar-refractivity contribution in [3.63, 3.8) is 0 Å². The van der Waals surface area contributed by atoms with Gasteiger partial charge in [0.2, 0.25) is 5.43 Å². The van der Waals surface area contributed by atoms with Gasteiger partial charge in [-0.15, -0.1) is 0 Å². The first kappa shape index (κ1) is 20.0. The number of hydrogen-bond donors (Lipinski definition) is 2. The SMILES string of the molecule is CN(Cc1ccc(Cl)cc1)C(=O)c1n[nH]c2c(CCCCO)cccc2c1=O. The lowest BCUT2D eigenvalue weighted by Crippen LogP contribution is -2.32. The second-order valence-electron chi connectivity index (χ2n) is 6.71. The molecule has 2 N–H and O–H groups in total. The normalized spacial score (nSPS) is 11.0. The van der Waals surface area contributed by atoms with Crippen molar-refractivity contribution in [1.29, 1.82) is 0 Å². The molecule has 2 aromatic carbocycles. The molecule has 0 saturated carbocycles. The third kappa shape index (κ3) is 4.40. The van der Waals surface area contributed by atoms with Crippen LogP contribution in [0.1, 0.15) is 34.5 Å². The van der Waals surface area contributed by atoms with Gasteiger partial charge in [-0.1, -0.05) is 35.9 Å². The van der Waals surface area contributed by atoms with Crippen LogP contribution in [0.4, 0.5) is 0 Å². The molecule has 146 valence electrons. The third-order valence-electron chi connectivity index (χ3n) is 4.63. The maximum Gasteiger partial charge on any atom is 0.278 e. The molecule has 0 aliphatic carbocycles. The number of aromatic nitrogens is 2. The average Bonchev–Trinajstić information content (AvgIpc) is 2.70. The smallest absolute Gasteiger partial charge is 0.278 e. The number of hydrogen-bond acceptors (Lipinski definition) is 4. The van der Waals surface area contributed by atoms with Gasteiger partial charge in [-0.05, 0) is 48.6 Å². The van der Waals surface area contributed by atoms with Crippen molar-refractivity contribution in [1.82, 2.24) is 15.1 Å². The minimum Gasteiger partial charge on any atom is -0.396 e. The van der Waals surface area contributed by atoms with Crippen LogP contribution in [-0.2, 0) is 13.0 Å². The van der Waals surface area contributed by atoms with E-state index in [4.69, 9.17) is 16.7 Å². The highest BCUT2D eigenvalue weighted by Gasteiger charge is 2.20. The van der Waals surface area contributed by atoms with Crippen molar-refractivity contribution in [2.24, 2.45) is 0 Å². The highest BCUT2D eigenvalue weighted by Crippen LogP contribution is 2.16. The zero-order valence-corrected chi connectivity index (χ0v) is 16.4. The number of carbonyl (C=O) groups is 1. The fourth-order valence-corrected chi connectivity index (χ4v) is 3.23. The number of aliphatic hydroxyl groups excluding tert-OH is 1. The molecule has 0 aliphatic rings. The Morgan fingerprint density at radius 3 is 2.64 bits per heavy atom. The summed E-state index contributed by atoms with van der Waals surface area (Å²) in [4.78, 5) is 27.1. The van der Waals surface area contributed by atoms with Gasteiger partial charge in [0.05, 0.1) is 5.52 Å². The minimum absolute atomic E-state index is 0.128. The zero-order valence-electron chi connectivity index (χ0n) is 15.6. The molecule has 1 heterocycles. The Morgan fingerprint density at radius 2 is 1.93 bits per heavy atom. The number of para-hydroxylation sites is 1.